The lowest BCUT2D eigenvalue weighted by Crippen LogP contribution is -2.50. The summed E-state index contributed by atoms with van der Waals surface area (Å²) in [5.74, 6) is -0.308. The van der Waals surface area contributed by atoms with Crippen LogP contribution in [0, 0.1) is 23.7 Å². The third-order valence-corrected chi connectivity index (χ3v) is 11.9. The molecule has 1 saturated heterocycles. The summed E-state index contributed by atoms with van der Waals surface area (Å²) in [5, 5.41) is 5.64. The van der Waals surface area contributed by atoms with Crippen LogP contribution in [0.5, 0.6) is 0 Å². The van der Waals surface area contributed by atoms with Crippen LogP contribution in [0.1, 0.15) is 134 Å². The lowest BCUT2D eigenvalue weighted by molar-refractivity contribution is -0.145. The maximum atomic E-state index is 14.6. The standard InChI is InChI=1S/C42H66N4O5S/c1-10-21-46(42(50)34(29(6)11-2)25-38(48)36-20-16-17-22-45(36)9)37(28(4)5)26-39(51-12-3)41-44-35(27-52-41)40(49)43-33(23-30(7)31(8)47)24-32-18-14-13-15-19-32/h13-15,18-19,27-30,33-34,36-37,39H,10-12,16-17,20-26H2,1-9H3,(H,43,49)/t29-,30-,33+,34-,36+,37+,39+/m0/s1. The zero-order valence-corrected chi connectivity index (χ0v) is 34.2. The van der Waals surface area contributed by atoms with Gasteiger partial charge in [-0.25, -0.2) is 4.98 Å². The van der Waals surface area contributed by atoms with E-state index < -0.39 is 6.10 Å². The van der Waals surface area contributed by atoms with Gasteiger partial charge in [-0.05, 0) is 76.9 Å². The largest absolute Gasteiger partial charge is 0.371 e. The van der Waals surface area contributed by atoms with E-state index in [1.807, 2.05) is 56.1 Å². The summed E-state index contributed by atoms with van der Waals surface area (Å²) in [6, 6.07) is 9.48. The number of piperidine rings is 1. The molecule has 0 radical (unpaired) electrons. The number of likely N-dealkylation sites (N-methyl/N-ethyl adjacent to an activating group) is 1. The quantitative estimate of drug-likeness (QED) is 0.131. The minimum absolute atomic E-state index is 0.0559. The number of nitrogens with zero attached hydrogens (tertiary/aromatic N) is 3. The summed E-state index contributed by atoms with van der Waals surface area (Å²) < 4.78 is 6.31. The van der Waals surface area contributed by atoms with E-state index in [1.54, 1.807) is 12.3 Å². The van der Waals surface area contributed by atoms with Gasteiger partial charge in [-0.1, -0.05) is 84.7 Å². The molecule has 290 valence electrons. The van der Waals surface area contributed by atoms with E-state index in [2.05, 4.69) is 44.8 Å². The molecule has 0 bridgehead atoms. The molecule has 1 aromatic carbocycles. The SMILES string of the molecule is CCCN(C(=O)[C@@H](CC(=O)[C@H]1CCCCN1C)[C@@H](C)CC)[C@H](C[C@@H](OCC)c1nc(C(=O)N[C@@H](Cc2ccccc2)C[C@H](C)C(C)=O)cs1)C(C)C. The second-order valence-corrected chi connectivity index (χ2v) is 16.2. The molecule has 2 amide bonds. The van der Waals surface area contributed by atoms with Crippen LogP contribution in [0.3, 0.4) is 0 Å². The monoisotopic (exact) mass is 738 g/mol. The molecule has 0 saturated carbocycles. The minimum atomic E-state index is -0.409. The number of aromatic nitrogens is 1. The van der Waals surface area contributed by atoms with Gasteiger partial charge in [-0.3, -0.25) is 24.1 Å². The normalized spacial score (nSPS) is 18.6. The maximum absolute atomic E-state index is 14.6. The summed E-state index contributed by atoms with van der Waals surface area (Å²) in [6.07, 6.45) is 6.17. The van der Waals surface area contributed by atoms with Gasteiger partial charge in [0.1, 0.15) is 22.6 Å². The van der Waals surface area contributed by atoms with Crippen molar-refractivity contribution in [1.82, 2.24) is 20.1 Å². The Bertz CT molecular complexity index is 1410. The molecular weight excluding hydrogens is 673 g/mol. The Kier molecular flexibility index (Phi) is 18.1. The lowest BCUT2D eigenvalue weighted by Gasteiger charge is -2.40. The van der Waals surface area contributed by atoms with E-state index in [-0.39, 0.29) is 71.6 Å². The molecule has 1 aliphatic heterocycles. The fourth-order valence-electron chi connectivity index (χ4n) is 7.45. The van der Waals surface area contributed by atoms with Crippen molar-refractivity contribution in [3.8, 4) is 0 Å². The Morgan fingerprint density at radius 1 is 1.04 bits per heavy atom. The number of benzene rings is 1. The second-order valence-electron chi connectivity index (χ2n) is 15.4. The number of carbonyl (C=O) groups excluding carboxylic acids is 4. The summed E-state index contributed by atoms with van der Waals surface area (Å²) >= 11 is 1.40. The number of likely N-dealkylation sites (tertiary alicyclic amines) is 1. The predicted molar refractivity (Wildman–Crippen MR) is 210 cm³/mol. The summed E-state index contributed by atoms with van der Waals surface area (Å²) in [7, 11) is 2.03. The Hall–Kier alpha value is -2.95. The molecule has 1 aromatic heterocycles. The van der Waals surface area contributed by atoms with Crippen LogP contribution in [-0.4, -0.2) is 83.0 Å². The van der Waals surface area contributed by atoms with Gasteiger partial charge in [0.25, 0.3) is 5.91 Å². The van der Waals surface area contributed by atoms with Gasteiger partial charge in [0.05, 0.1) is 6.04 Å². The van der Waals surface area contributed by atoms with Crippen molar-refractivity contribution >= 4 is 34.7 Å². The first-order chi connectivity index (χ1) is 24.8. The number of amides is 2. The van der Waals surface area contributed by atoms with Gasteiger partial charge < -0.3 is 15.0 Å². The van der Waals surface area contributed by atoms with Crippen molar-refractivity contribution in [1.29, 1.82) is 0 Å². The van der Waals surface area contributed by atoms with E-state index in [0.29, 0.717) is 43.1 Å². The molecule has 1 aliphatic rings. The smallest absolute Gasteiger partial charge is 0.270 e. The van der Waals surface area contributed by atoms with Gasteiger partial charge >= 0.3 is 0 Å². The number of Topliss-reactive ketones (excluding diaryl/α,β-unsaturated/α-hetero) is 2. The molecular formula is C42H66N4O5S. The number of hydrogen-bond donors (Lipinski definition) is 1. The molecule has 9 nitrogen and oxygen atoms in total. The van der Waals surface area contributed by atoms with Gasteiger partial charge in [-0.2, -0.15) is 0 Å². The van der Waals surface area contributed by atoms with Crippen molar-refractivity contribution < 1.29 is 23.9 Å². The summed E-state index contributed by atoms with van der Waals surface area (Å²) in [6.45, 7) is 18.0. The lowest BCUT2D eigenvalue weighted by atomic mass is 9.82. The number of nitrogens with one attached hydrogen (secondary N) is 1. The van der Waals surface area contributed by atoms with E-state index >= 15 is 0 Å². The van der Waals surface area contributed by atoms with Crippen LogP contribution in [0.25, 0.3) is 0 Å². The number of thiazole rings is 1. The number of rotatable bonds is 22. The first-order valence-corrected chi connectivity index (χ1v) is 20.6. The Morgan fingerprint density at radius 2 is 1.75 bits per heavy atom. The Morgan fingerprint density at radius 3 is 2.35 bits per heavy atom. The van der Waals surface area contributed by atoms with Gasteiger partial charge in [0.15, 0.2) is 5.78 Å². The van der Waals surface area contributed by atoms with Crippen LogP contribution >= 0.6 is 11.3 Å². The second kappa shape index (κ2) is 21.7. The van der Waals surface area contributed by atoms with Crippen molar-refractivity contribution in [3.05, 3.63) is 52.0 Å². The van der Waals surface area contributed by atoms with E-state index in [0.717, 1.165) is 44.2 Å². The third kappa shape index (κ3) is 12.6. The molecule has 0 aliphatic carbocycles. The van der Waals surface area contributed by atoms with E-state index in [1.165, 1.54) is 11.3 Å². The molecule has 1 N–H and O–H groups in total. The van der Waals surface area contributed by atoms with Crippen molar-refractivity contribution in [2.24, 2.45) is 23.7 Å². The molecule has 2 heterocycles. The molecule has 1 fully saturated rings. The highest BCUT2D eigenvalue weighted by Gasteiger charge is 2.38. The Labute approximate surface area is 317 Å². The van der Waals surface area contributed by atoms with Gasteiger partial charge in [0.2, 0.25) is 5.91 Å². The minimum Gasteiger partial charge on any atom is -0.371 e. The highest BCUT2D eigenvalue weighted by atomic mass is 32.1. The summed E-state index contributed by atoms with van der Waals surface area (Å²) in [5.41, 5.74) is 1.41. The number of hydrogen-bond acceptors (Lipinski definition) is 8. The average molecular weight is 739 g/mol. The van der Waals surface area contributed by atoms with Crippen molar-refractivity contribution in [2.45, 2.75) is 137 Å². The highest BCUT2D eigenvalue weighted by molar-refractivity contribution is 7.09. The number of ketones is 2. The number of carbonyl (C=O) groups is 4. The summed E-state index contributed by atoms with van der Waals surface area (Å²) in [4.78, 5) is 63.1. The molecule has 10 heteroatoms. The van der Waals surface area contributed by atoms with Crippen LogP contribution in [0.2, 0.25) is 0 Å². The topological polar surface area (TPSA) is 109 Å². The molecule has 7 atom stereocenters. The zero-order chi connectivity index (χ0) is 38.4. The maximum Gasteiger partial charge on any atom is 0.270 e. The van der Waals surface area contributed by atoms with E-state index in [4.69, 9.17) is 9.72 Å². The fraction of sp³-hybridized carbons (Fsp3) is 0.690. The van der Waals surface area contributed by atoms with Crippen molar-refractivity contribution in [2.75, 3.05) is 26.7 Å². The van der Waals surface area contributed by atoms with Crippen LogP contribution in [0.4, 0.5) is 0 Å². The van der Waals surface area contributed by atoms with Crippen molar-refractivity contribution in [3.63, 3.8) is 0 Å². The molecule has 3 rings (SSSR count). The molecule has 52 heavy (non-hydrogen) atoms. The average Bonchev–Trinajstić information content (AvgIpc) is 3.62. The van der Waals surface area contributed by atoms with Crippen LogP contribution < -0.4 is 5.32 Å². The third-order valence-electron chi connectivity index (χ3n) is 11.0. The molecule has 0 unspecified atom stereocenters. The van der Waals surface area contributed by atoms with Gasteiger partial charge in [-0.15, -0.1) is 11.3 Å². The first-order valence-electron chi connectivity index (χ1n) is 19.8. The van der Waals surface area contributed by atoms with Gasteiger partial charge in [0, 0.05) is 55.3 Å². The fourth-order valence-corrected chi connectivity index (χ4v) is 8.31. The number of ether oxygens (including phenoxy) is 1. The van der Waals surface area contributed by atoms with E-state index in [9.17, 15) is 19.2 Å². The zero-order valence-electron chi connectivity index (χ0n) is 33.4. The first kappa shape index (κ1) is 43.5. The predicted octanol–water partition coefficient (Wildman–Crippen LogP) is 7.94. The Balaban J connectivity index is 1.84. The highest BCUT2D eigenvalue weighted by Crippen LogP contribution is 2.33. The molecule has 2 aromatic rings. The van der Waals surface area contributed by atoms with Crippen LogP contribution in [0.15, 0.2) is 35.7 Å². The van der Waals surface area contributed by atoms with Crippen LogP contribution in [-0.2, 0) is 25.5 Å². The molecule has 0 spiro atoms.